The number of nitrogens with two attached hydrogens (primary N) is 1. The third kappa shape index (κ3) is 2.74. The highest BCUT2D eigenvalue weighted by Gasteiger charge is 2.27. The molecule has 1 aromatic rings. The van der Waals surface area contributed by atoms with E-state index in [1.807, 2.05) is 12.5 Å². The molecule has 0 aliphatic carbocycles. The standard InChI is InChI=1S/C13H24N4O/c1-3-16-10-15-8-13(16)12(7-14)17-6-4-5-11(9-17)18-2/h8,10-12H,3-7,9,14H2,1-2H3. The molecular weight excluding hydrogens is 228 g/mol. The smallest absolute Gasteiger partial charge is 0.0948 e. The Morgan fingerprint density at radius 2 is 2.44 bits per heavy atom. The molecule has 18 heavy (non-hydrogen) atoms. The largest absolute Gasteiger partial charge is 0.380 e. The lowest BCUT2D eigenvalue weighted by molar-refractivity contribution is 0.0142. The van der Waals surface area contributed by atoms with Crippen LogP contribution in [0.2, 0.25) is 0 Å². The normalized spacial score (nSPS) is 23.2. The van der Waals surface area contributed by atoms with Crippen LogP contribution in [0, 0.1) is 0 Å². The van der Waals surface area contributed by atoms with Crippen molar-refractivity contribution in [3.8, 4) is 0 Å². The highest BCUT2D eigenvalue weighted by Crippen LogP contribution is 2.24. The van der Waals surface area contributed by atoms with Gasteiger partial charge in [0, 0.05) is 32.9 Å². The lowest BCUT2D eigenvalue weighted by atomic mass is 10.0. The molecule has 2 atom stereocenters. The first-order valence-corrected chi connectivity index (χ1v) is 6.77. The number of likely N-dealkylation sites (tertiary alicyclic amines) is 1. The molecular formula is C13H24N4O. The predicted octanol–water partition coefficient (Wildman–Crippen LogP) is 1.01. The van der Waals surface area contributed by atoms with Crippen LogP contribution in [0.15, 0.2) is 12.5 Å². The van der Waals surface area contributed by atoms with Crippen molar-refractivity contribution in [2.24, 2.45) is 5.73 Å². The van der Waals surface area contributed by atoms with Gasteiger partial charge in [0.05, 0.1) is 24.2 Å². The zero-order valence-corrected chi connectivity index (χ0v) is 11.4. The lowest BCUT2D eigenvalue weighted by Gasteiger charge is -2.37. The number of hydrogen-bond acceptors (Lipinski definition) is 4. The third-order valence-corrected chi connectivity index (χ3v) is 3.83. The van der Waals surface area contributed by atoms with Gasteiger partial charge in [0.1, 0.15) is 0 Å². The Bertz CT molecular complexity index is 366. The van der Waals surface area contributed by atoms with E-state index in [1.165, 1.54) is 12.1 Å². The molecule has 2 heterocycles. The Labute approximate surface area is 109 Å². The zero-order chi connectivity index (χ0) is 13.0. The van der Waals surface area contributed by atoms with E-state index in [9.17, 15) is 0 Å². The Morgan fingerprint density at radius 1 is 1.61 bits per heavy atom. The number of aromatic nitrogens is 2. The molecule has 0 spiro atoms. The summed E-state index contributed by atoms with van der Waals surface area (Å²) in [5.74, 6) is 0. The van der Waals surface area contributed by atoms with Crippen LogP contribution in [-0.2, 0) is 11.3 Å². The topological polar surface area (TPSA) is 56.3 Å². The second-order valence-corrected chi connectivity index (χ2v) is 4.85. The van der Waals surface area contributed by atoms with Gasteiger partial charge in [-0.3, -0.25) is 4.90 Å². The highest BCUT2D eigenvalue weighted by atomic mass is 16.5. The summed E-state index contributed by atoms with van der Waals surface area (Å²) >= 11 is 0. The van der Waals surface area contributed by atoms with Crippen molar-refractivity contribution in [1.82, 2.24) is 14.5 Å². The Hall–Kier alpha value is -0.910. The number of methoxy groups -OCH3 is 1. The van der Waals surface area contributed by atoms with Crippen LogP contribution >= 0.6 is 0 Å². The molecule has 1 fully saturated rings. The van der Waals surface area contributed by atoms with Crippen molar-refractivity contribution in [1.29, 1.82) is 0 Å². The van der Waals surface area contributed by atoms with E-state index >= 15 is 0 Å². The van der Waals surface area contributed by atoms with Gasteiger partial charge < -0.3 is 15.0 Å². The molecule has 5 heteroatoms. The summed E-state index contributed by atoms with van der Waals surface area (Å²) in [6.07, 6.45) is 6.49. The Balaban J connectivity index is 2.13. The van der Waals surface area contributed by atoms with Crippen molar-refractivity contribution in [3.05, 3.63) is 18.2 Å². The molecule has 2 unspecified atom stereocenters. The number of imidazole rings is 1. The van der Waals surface area contributed by atoms with Gasteiger partial charge in [-0.2, -0.15) is 0 Å². The molecule has 1 aliphatic heterocycles. The van der Waals surface area contributed by atoms with Crippen LogP contribution in [0.25, 0.3) is 0 Å². The Morgan fingerprint density at radius 3 is 3.11 bits per heavy atom. The average Bonchev–Trinajstić information content (AvgIpc) is 2.88. The fraction of sp³-hybridized carbons (Fsp3) is 0.769. The van der Waals surface area contributed by atoms with Gasteiger partial charge in [-0.05, 0) is 26.3 Å². The number of ether oxygens (including phenoxy) is 1. The Kier molecular flexibility index (Phi) is 4.74. The van der Waals surface area contributed by atoms with Crippen LogP contribution in [0.5, 0.6) is 0 Å². The van der Waals surface area contributed by atoms with E-state index in [0.717, 1.165) is 26.1 Å². The first-order chi connectivity index (χ1) is 8.80. The summed E-state index contributed by atoms with van der Waals surface area (Å²) in [5, 5.41) is 0. The van der Waals surface area contributed by atoms with Crippen LogP contribution in [0.4, 0.5) is 0 Å². The van der Waals surface area contributed by atoms with Crippen LogP contribution < -0.4 is 5.73 Å². The molecule has 0 saturated carbocycles. The highest BCUT2D eigenvalue weighted by molar-refractivity contribution is 5.07. The van der Waals surface area contributed by atoms with Crippen LogP contribution in [-0.4, -0.2) is 47.3 Å². The van der Waals surface area contributed by atoms with Crippen molar-refractivity contribution in [3.63, 3.8) is 0 Å². The van der Waals surface area contributed by atoms with E-state index in [4.69, 9.17) is 10.5 Å². The molecule has 0 amide bonds. The zero-order valence-electron chi connectivity index (χ0n) is 11.4. The molecule has 2 rings (SSSR count). The minimum atomic E-state index is 0.255. The number of hydrogen-bond donors (Lipinski definition) is 1. The van der Waals surface area contributed by atoms with E-state index in [1.54, 1.807) is 7.11 Å². The van der Waals surface area contributed by atoms with Crippen molar-refractivity contribution in [2.45, 2.75) is 38.5 Å². The van der Waals surface area contributed by atoms with Gasteiger partial charge >= 0.3 is 0 Å². The molecule has 1 aromatic heterocycles. The van der Waals surface area contributed by atoms with Gasteiger partial charge in [-0.25, -0.2) is 4.98 Å². The molecule has 1 aliphatic rings. The number of nitrogens with zero attached hydrogens (tertiary/aromatic N) is 3. The summed E-state index contributed by atoms with van der Waals surface area (Å²) in [6, 6.07) is 0.255. The van der Waals surface area contributed by atoms with Crippen LogP contribution in [0.1, 0.15) is 31.5 Å². The van der Waals surface area contributed by atoms with Crippen molar-refractivity contribution >= 4 is 0 Å². The summed E-state index contributed by atoms with van der Waals surface area (Å²) in [6.45, 7) is 5.76. The van der Waals surface area contributed by atoms with Gasteiger partial charge in [0.25, 0.3) is 0 Å². The number of rotatable bonds is 5. The second-order valence-electron chi connectivity index (χ2n) is 4.85. The summed E-state index contributed by atoms with van der Waals surface area (Å²) < 4.78 is 7.66. The van der Waals surface area contributed by atoms with E-state index in [-0.39, 0.29) is 6.04 Å². The second kappa shape index (κ2) is 6.31. The molecule has 1 saturated heterocycles. The minimum Gasteiger partial charge on any atom is -0.380 e. The maximum Gasteiger partial charge on any atom is 0.0948 e. The van der Waals surface area contributed by atoms with E-state index in [2.05, 4.69) is 21.4 Å². The number of aryl methyl sites for hydroxylation is 1. The van der Waals surface area contributed by atoms with Crippen molar-refractivity contribution in [2.75, 3.05) is 26.7 Å². The summed E-state index contributed by atoms with van der Waals surface area (Å²) in [7, 11) is 1.79. The van der Waals surface area contributed by atoms with Gasteiger partial charge in [0.15, 0.2) is 0 Å². The SMILES string of the molecule is CCn1cncc1C(CN)N1CCCC(OC)C1. The van der Waals surface area contributed by atoms with Gasteiger partial charge in [0.2, 0.25) is 0 Å². The first kappa shape index (κ1) is 13.5. The maximum atomic E-state index is 5.98. The first-order valence-electron chi connectivity index (χ1n) is 6.77. The predicted molar refractivity (Wildman–Crippen MR) is 71.3 cm³/mol. The molecule has 0 radical (unpaired) electrons. The van der Waals surface area contributed by atoms with Crippen molar-refractivity contribution < 1.29 is 4.74 Å². The molecule has 0 bridgehead atoms. The van der Waals surface area contributed by atoms with E-state index < -0.39 is 0 Å². The monoisotopic (exact) mass is 252 g/mol. The fourth-order valence-electron chi connectivity index (χ4n) is 2.77. The summed E-state index contributed by atoms with van der Waals surface area (Å²) in [5.41, 5.74) is 7.20. The van der Waals surface area contributed by atoms with Crippen LogP contribution in [0.3, 0.4) is 0 Å². The molecule has 2 N–H and O–H groups in total. The van der Waals surface area contributed by atoms with Gasteiger partial charge in [-0.15, -0.1) is 0 Å². The quantitative estimate of drug-likeness (QED) is 0.850. The lowest BCUT2D eigenvalue weighted by Crippen LogP contribution is -2.44. The molecule has 0 aromatic carbocycles. The maximum absolute atomic E-state index is 5.98. The molecule has 5 nitrogen and oxygen atoms in total. The number of piperidine rings is 1. The third-order valence-electron chi connectivity index (χ3n) is 3.83. The summed E-state index contributed by atoms with van der Waals surface area (Å²) in [4.78, 5) is 6.68. The fourth-order valence-corrected chi connectivity index (χ4v) is 2.77. The average molecular weight is 252 g/mol. The minimum absolute atomic E-state index is 0.255. The van der Waals surface area contributed by atoms with E-state index in [0.29, 0.717) is 12.6 Å². The molecule has 102 valence electrons. The van der Waals surface area contributed by atoms with Gasteiger partial charge in [-0.1, -0.05) is 0 Å².